The zero-order valence-corrected chi connectivity index (χ0v) is 13.4. The highest BCUT2D eigenvalue weighted by Gasteiger charge is 2.28. The van der Waals surface area contributed by atoms with Crippen LogP contribution in [0.25, 0.3) is 0 Å². The topological polar surface area (TPSA) is 44.8 Å². The molecule has 0 radical (unpaired) electrons. The molecule has 0 aliphatic carbocycles. The third-order valence-electron chi connectivity index (χ3n) is 4.52. The largest absolute Gasteiger partial charge is 0.374 e. The zero-order chi connectivity index (χ0) is 15.5. The number of hydrogen-bond donors (Lipinski definition) is 1. The van der Waals surface area contributed by atoms with Crippen LogP contribution in [0.3, 0.4) is 0 Å². The lowest BCUT2D eigenvalue weighted by atomic mass is 10.2. The minimum absolute atomic E-state index is 0.147. The molecule has 120 valence electrons. The average molecular weight is 303 g/mol. The van der Waals surface area contributed by atoms with E-state index in [-0.39, 0.29) is 18.1 Å². The van der Waals surface area contributed by atoms with Crippen molar-refractivity contribution in [3.8, 4) is 0 Å². The molecule has 2 aliphatic heterocycles. The summed E-state index contributed by atoms with van der Waals surface area (Å²) in [6.07, 6.45) is 1.12. The van der Waals surface area contributed by atoms with Crippen LogP contribution in [0.4, 0.5) is 5.69 Å². The van der Waals surface area contributed by atoms with Gasteiger partial charge in [-0.25, -0.2) is 0 Å². The zero-order valence-electron chi connectivity index (χ0n) is 13.4. The maximum Gasteiger partial charge on any atom is 0.243 e. The van der Waals surface area contributed by atoms with Gasteiger partial charge in [-0.3, -0.25) is 4.79 Å². The quantitative estimate of drug-likeness (QED) is 0.897. The van der Waals surface area contributed by atoms with Crippen molar-refractivity contribution in [2.75, 3.05) is 44.7 Å². The van der Waals surface area contributed by atoms with Crippen molar-refractivity contribution >= 4 is 11.6 Å². The SMILES string of the molecule is C[C@@H](NC[C@@H]1CN(C)CCO1)C(=O)N1CCc2ccccc21. The summed E-state index contributed by atoms with van der Waals surface area (Å²) in [6.45, 7) is 6.11. The Bertz CT molecular complexity index is 534. The molecule has 0 aromatic heterocycles. The van der Waals surface area contributed by atoms with Gasteiger partial charge < -0.3 is 19.9 Å². The average Bonchev–Trinajstić information content (AvgIpc) is 2.96. The Balaban J connectivity index is 1.54. The Morgan fingerprint density at radius 2 is 2.23 bits per heavy atom. The van der Waals surface area contributed by atoms with E-state index in [1.54, 1.807) is 0 Å². The van der Waals surface area contributed by atoms with Crippen molar-refractivity contribution in [2.45, 2.75) is 25.5 Å². The lowest BCUT2D eigenvalue weighted by Crippen LogP contribution is -2.50. The molecule has 22 heavy (non-hydrogen) atoms. The lowest BCUT2D eigenvalue weighted by molar-refractivity contribution is -0.120. The monoisotopic (exact) mass is 303 g/mol. The van der Waals surface area contributed by atoms with Gasteiger partial charge in [-0.1, -0.05) is 18.2 Å². The summed E-state index contributed by atoms with van der Waals surface area (Å²) in [7, 11) is 2.10. The second-order valence-electron chi connectivity index (χ2n) is 6.25. The molecule has 5 nitrogen and oxygen atoms in total. The molecule has 1 amide bonds. The lowest BCUT2D eigenvalue weighted by Gasteiger charge is -2.31. The van der Waals surface area contributed by atoms with Crippen LogP contribution < -0.4 is 10.2 Å². The van der Waals surface area contributed by atoms with E-state index >= 15 is 0 Å². The number of benzene rings is 1. The fourth-order valence-corrected chi connectivity index (χ4v) is 3.19. The predicted molar refractivity (Wildman–Crippen MR) is 87.2 cm³/mol. The smallest absolute Gasteiger partial charge is 0.243 e. The highest BCUT2D eigenvalue weighted by atomic mass is 16.5. The first-order valence-electron chi connectivity index (χ1n) is 8.08. The van der Waals surface area contributed by atoms with Crippen LogP contribution in [0.1, 0.15) is 12.5 Å². The number of carbonyl (C=O) groups excluding carboxylic acids is 1. The van der Waals surface area contributed by atoms with E-state index in [1.165, 1.54) is 5.56 Å². The minimum Gasteiger partial charge on any atom is -0.374 e. The van der Waals surface area contributed by atoms with Gasteiger partial charge in [-0.2, -0.15) is 0 Å². The molecule has 3 rings (SSSR count). The molecule has 1 saturated heterocycles. The molecular formula is C17H25N3O2. The number of anilines is 1. The number of para-hydroxylation sites is 1. The van der Waals surface area contributed by atoms with Gasteiger partial charge in [0.2, 0.25) is 5.91 Å². The van der Waals surface area contributed by atoms with E-state index in [1.807, 2.05) is 30.0 Å². The van der Waals surface area contributed by atoms with Crippen LogP contribution in [0.2, 0.25) is 0 Å². The summed E-state index contributed by atoms with van der Waals surface area (Å²) < 4.78 is 5.73. The number of ether oxygens (including phenoxy) is 1. The molecule has 0 bridgehead atoms. The number of morpholine rings is 1. The van der Waals surface area contributed by atoms with Gasteiger partial charge in [0.05, 0.1) is 18.8 Å². The van der Waals surface area contributed by atoms with Gasteiger partial charge in [-0.05, 0) is 32.0 Å². The number of likely N-dealkylation sites (N-methyl/N-ethyl adjacent to an activating group) is 1. The summed E-state index contributed by atoms with van der Waals surface area (Å²) in [6, 6.07) is 7.97. The minimum atomic E-state index is -0.193. The van der Waals surface area contributed by atoms with E-state index in [2.05, 4.69) is 23.3 Å². The number of nitrogens with zero attached hydrogens (tertiary/aromatic N) is 2. The molecule has 0 saturated carbocycles. The Morgan fingerprint density at radius 1 is 1.41 bits per heavy atom. The van der Waals surface area contributed by atoms with E-state index < -0.39 is 0 Å². The fourth-order valence-electron chi connectivity index (χ4n) is 3.19. The summed E-state index contributed by atoms with van der Waals surface area (Å²) >= 11 is 0. The first-order chi connectivity index (χ1) is 10.6. The number of rotatable bonds is 4. The van der Waals surface area contributed by atoms with Crippen molar-refractivity contribution in [1.82, 2.24) is 10.2 Å². The van der Waals surface area contributed by atoms with Gasteiger partial charge >= 0.3 is 0 Å². The third-order valence-corrected chi connectivity index (χ3v) is 4.52. The molecule has 5 heteroatoms. The maximum atomic E-state index is 12.7. The van der Waals surface area contributed by atoms with Gasteiger partial charge in [0, 0.05) is 31.9 Å². The highest BCUT2D eigenvalue weighted by molar-refractivity contribution is 5.98. The second kappa shape index (κ2) is 6.77. The van der Waals surface area contributed by atoms with Crippen LogP contribution in [-0.2, 0) is 16.0 Å². The van der Waals surface area contributed by atoms with E-state index in [4.69, 9.17) is 4.74 Å². The third kappa shape index (κ3) is 3.32. The van der Waals surface area contributed by atoms with E-state index in [0.717, 1.165) is 38.3 Å². The van der Waals surface area contributed by atoms with Crippen LogP contribution >= 0.6 is 0 Å². The second-order valence-corrected chi connectivity index (χ2v) is 6.25. The van der Waals surface area contributed by atoms with Crippen molar-refractivity contribution in [3.63, 3.8) is 0 Å². The summed E-state index contributed by atoms with van der Waals surface area (Å²) in [5.41, 5.74) is 2.33. The van der Waals surface area contributed by atoms with Crippen LogP contribution in [0.15, 0.2) is 24.3 Å². The van der Waals surface area contributed by atoms with Crippen molar-refractivity contribution in [1.29, 1.82) is 0 Å². The standard InChI is InChI=1S/C17H25N3O2/c1-13(18-11-15-12-19(2)9-10-22-15)17(21)20-8-7-14-5-3-4-6-16(14)20/h3-6,13,15,18H,7-12H2,1-2H3/t13-,15-/m1/s1. The number of hydrogen-bond acceptors (Lipinski definition) is 4. The molecule has 0 unspecified atom stereocenters. The first-order valence-corrected chi connectivity index (χ1v) is 8.08. The molecule has 1 N–H and O–H groups in total. The molecule has 1 fully saturated rings. The van der Waals surface area contributed by atoms with E-state index in [0.29, 0.717) is 6.54 Å². The fraction of sp³-hybridized carbons (Fsp3) is 0.588. The van der Waals surface area contributed by atoms with Crippen LogP contribution in [0, 0.1) is 0 Å². The molecular weight excluding hydrogens is 278 g/mol. The van der Waals surface area contributed by atoms with Crippen molar-refractivity contribution in [3.05, 3.63) is 29.8 Å². The molecule has 1 aromatic rings. The summed E-state index contributed by atoms with van der Waals surface area (Å²) in [5.74, 6) is 0.147. The maximum absolute atomic E-state index is 12.7. The number of amides is 1. The molecule has 2 atom stereocenters. The molecule has 2 aliphatic rings. The van der Waals surface area contributed by atoms with E-state index in [9.17, 15) is 4.79 Å². The van der Waals surface area contributed by atoms with Crippen LogP contribution in [0.5, 0.6) is 0 Å². The molecule has 1 aromatic carbocycles. The number of nitrogens with one attached hydrogen (secondary N) is 1. The Labute approximate surface area is 132 Å². The number of fused-ring (bicyclic) bond motifs is 1. The summed E-state index contributed by atoms with van der Waals surface area (Å²) in [5, 5.41) is 3.34. The van der Waals surface area contributed by atoms with Gasteiger partial charge in [0.15, 0.2) is 0 Å². The Hall–Kier alpha value is -1.43. The molecule has 2 heterocycles. The Kier molecular flexibility index (Phi) is 4.76. The Morgan fingerprint density at radius 3 is 3.05 bits per heavy atom. The van der Waals surface area contributed by atoms with Gasteiger partial charge in [0.1, 0.15) is 0 Å². The van der Waals surface area contributed by atoms with Gasteiger partial charge in [0.25, 0.3) is 0 Å². The van der Waals surface area contributed by atoms with Gasteiger partial charge in [-0.15, -0.1) is 0 Å². The normalized spacial score (nSPS) is 23.4. The summed E-state index contributed by atoms with van der Waals surface area (Å²) in [4.78, 5) is 16.8. The van der Waals surface area contributed by atoms with Crippen molar-refractivity contribution < 1.29 is 9.53 Å². The molecule has 0 spiro atoms. The first kappa shape index (κ1) is 15.5. The predicted octanol–water partition coefficient (Wildman–Crippen LogP) is 0.884. The van der Waals surface area contributed by atoms with Crippen molar-refractivity contribution in [2.24, 2.45) is 0 Å². The highest BCUT2D eigenvalue weighted by Crippen LogP contribution is 2.27. The van der Waals surface area contributed by atoms with Crippen LogP contribution in [-0.4, -0.2) is 62.8 Å². The number of carbonyl (C=O) groups is 1.